The maximum atomic E-state index is 13.8. The number of fused-ring (bicyclic) bond motifs is 1. The molecule has 13 heteroatoms. The molecule has 0 spiro atoms. The smallest absolute Gasteiger partial charge is 0.430 e. The first kappa shape index (κ1) is 34.4. The number of ether oxygens (including phenoxy) is 2. The summed E-state index contributed by atoms with van der Waals surface area (Å²) in [6.45, 7) is 7.27. The number of urea groups is 1. The molecular formula is C32H38F6N2O5. The van der Waals surface area contributed by atoms with Gasteiger partial charge in [0.2, 0.25) is 0 Å². The third-order valence-electron chi connectivity index (χ3n) is 8.26. The number of benzene rings is 2. The van der Waals surface area contributed by atoms with Crippen molar-refractivity contribution in [3.05, 3.63) is 58.1 Å². The summed E-state index contributed by atoms with van der Waals surface area (Å²) in [5, 5.41) is 12.9. The topological polar surface area (TPSA) is 88.1 Å². The van der Waals surface area contributed by atoms with Crippen molar-refractivity contribution in [2.24, 2.45) is 0 Å². The number of nitrogens with one attached hydrogen (secondary N) is 1. The first-order valence-electron chi connectivity index (χ1n) is 15.0. The van der Waals surface area contributed by atoms with Crippen molar-refractivity contribution in [3.8, 4) is 11.5 Å². The van der Waals surface area contributed by atoms with E-state index < -0.39 is 41.0 Å². The lowest BCUT2D eigenvalue weighted by Gasteiger charge is -2.35. The minimum atomic E-state index is -5.98. The summed E-state index contributed by atoms with van der Waals surface area (Å²) in [5.74, 6) is 0.448. The Hall–Kier alpha value is -3.48. The van der Waals surface area contributed by atoms with E-state index in [9.17, 15) is 41.0 Å². The Morgan fingerprint density at radius 1 is 1.00 bits per heavy atom. The molecule has 0 saturated carbocycles. The molecule has 1 fully saturated rings. The van der Waals surface area contributed by atoms with Crippen LogP contribution in [-0.4, -0.2) is 53.6 Å². The molecule has 248 valence electrons. The predicted octanol–water partition coefficient (Wildman–Crippen LogP) is 6.85. The Labute approximate surface area is 257 Å². The van der Waals surface area contributed by atoms with Crippen LogP contribution in [0.15, 0.2) is 30.3 Å². The highest BCUT2D eigenvalue weighted by molar-refractivity contribution is 6.07. The lowest BCUT2D eigenvalue weighted by Crippen LogP contribution is -2.54. The van der Waals surface area contributed by atoms with Crippen molar-refractivity contribution in [1.29, 1.82) is 0 Å². The summed E-state index contributed by atoms with van der Waals surface area (Å²) in [5.41, 5.74) is -6.65. The van der Waals surface area contributed by atoms with Crippen LogP contribution in [0.5, 0.6) is 11.5 Å². The van der Waals surface area contributed by atoms with Crippen LogP contribution in [0.1, 0.15) is 81.2 Å². The van der Waals surface area contributed by atoms with Crippen LogP contribution in [0.3, 0.4) is 0 Å². The van der Waals surface area contributed by atoms with Crippen molar-refractivity contribution in [3.63, 3.8) is 0 Å². The molecule has 0 radical (unpaired) electrons. The van der Waals surface area contributed by atoms with E-state index in [4.69, 9.17) is 9.47 Å². The summed E-state index contributed by atoms with van der Waals surface area (Å²) in [6.07, 6.45) is -10.2. The average Bonchev–Trinajstić information content (AvgIpc) is 3.51. The Kier molecular flexibility index (Phi) is 9.73. The van der Waals surface area contributed by atoms with Crippen LogP contribution in [0.4, 0.5) is 31.1 Å². The van der Waals surface area contributed by atoms with Gasteiger partial charge in [-0.2, -0.15) is 26.3 Å². The molecule has 1 aliphatic carbocycles. The fraction of sp³-hybridized carbons (Fsp3) is 0.562. The first-order chi connectivity index (χ1) is 21.0. The second-order valence-corrected chi connectivity index (χ2v) is 11.9. The molecule has 2 aromatic rings. The number of amides is 3. The Bertz CT molecular complexity index is 1390. The minimum absolute atomic E-state index is 0.0268. The molecule has 1 saturated heterocycles. The van der Waals surface area contributed by atoms with Crippen LogP contribution >= 0.6 is 0 Å². The summed E-state index contributed by atoms with van der Waals surface area (Å²) >= 11 is 0. The van der Waals surface area contributed by atoms with Crippen molar-refractivity contribution >= 4 is 11.9 Å². The molecule has 3 amide bonds. The second kappa shape index (κ2) is 12.7. The highest BCUT2D eigenvalue weighted by Gasteiger charge is 2.72. The molecule has 4 rings (SSSR count). The normalized spacial score (nSPS) is 18.9. The van der Waals surface area contributed by atoms with Crippen molar-refractivity contribution in [1.82, 2.24) is 10.2 Å². The van der Waals surface area contributed by atoms with Crippen LogP contribution in [0.2, 0.25) is 0 Å². The van der Waals surface area contributed by atoms with Gasteiger partial charge in [-0.15, -0.1) is 0 Å². The van der Waals surface area contributed by atoms with Crippen LogP contribution < -0.4 is 14.8 Å². The molecule has 2 N–H and O–H groups in total. The monoisotopic (exact) mass is 644 g/mol. The van der Waals surface area contributed by atoms with E-state index in [1.807, 2.05) is 13.8 Å². The average molecular weight is 645 g/mol. The van der Waals surface area contributed by atoms with E-state index in [2.05, 4.69) is 5.32 Å². The van der Waals surface area contributed by atoms with Gasteiger partial charge in [0, 0.05) is 12.1 Å². The molecule has 1 unspecified atom stereocenters. The zero-order chi connectivity index (χ0) is 33.4. The number of aryl methyl sites for hydroxylation is 1. The Morgan fingerprint density at radius 3 is 2.20 bits per heavy atom. The van der Waals surface area contributed by atoms with Gasteiger partial charge in [0.1, 0.15) is 17.0 Å². The summed E-state index contributed by atoms with van der Waals surface area (Å²) < 4.78 is 94.3. The standard InChI is InChI=1S/C32H38F6N2O5/c1-5-9-20-18-25(30(43,31(33,34)35)32(36,37)38)23-10-8-11-24(23)26(20)44-17-7-6-16-40-27(41)29(4,39-28(40)42)21-12-14-22(15-13-21)45-19(2)3/h12-15,18-19,43H,5-11,16-17H2,1-4H3,(H,39,42). The summed E-state index contributed by atoms with van der Waals surface area (Å²) in [7, 11) is 0. The Morgan fingerprint density at radius 2 is 1.62 bits per heavy atom. The number of alkyl halides is 6. The molecule has 2 aliphatic rings. The third-order valence-corrected chi connectivity index (χ3v) is 8.26. The van der Waals surface area contributed by atoms with Gasteiger partial charge in [0.15, 0.2) is 0 Å². The van der Waals surface area contributed by atoms with Gasteiger partial charge in [0.25, 0.3) is 11.5 Å². The molecular weight excluding hydrogens is 606 g/mol. The zero-order valence-electron chi connectivity index (χ0n) is 25.6. The molecule has 0 aromatic heterocycles. The van der Waals surface area contributed by atoms with E-state index in [1.165, 1.54) is 0 Å². The quantitative estimate of drug-likeness (QED) is 0.150. The van der Waals surface area contributed by atoms with E-state index in [-0.39, 0.29) is 61.0 Å². The maximum absolute atomic E-state index is 13.8. The van der Waals surface area contributed by atoms with Crippen molar-refractivity contribution in [2.75, 3.05) is 13.2 Å². The number of nitrogens with zero attached hydrogens (tertiary/aromatic N) is 1. The largest absolute Gasteiger partial charge is 0.493 e. The molecule has 1 heterocycles. The van der Waals surface area contributed by atoms with Gasteiger partial charge in [0.05, 0.1) is 12.7 Å². The van der Waals surface area contributed by atoms with Gasteiger partial charge >= 0.3 is 18.4 Å². The summed E-state index contributed by atoms with van der Waals surface area (Å²) in [4.78, 5) is 27.1. The number of imide groups is 1. The molecule has 7 nitrogen and oxygen atoms in total. The minimum Gasteiger partial charge on any atom is -0.493 e. The first-order valence-corrected chi connectivity index (χ1v) is 15.0. The fourth-order valence-electron chi connectivity index (χ4n) is 6.02. The van der Waals surface area contributed by atoms with Crippen LogP contribution in [-0.2, 0) is 35.2 Å². The van der Waals surface area contributed by atoms with Crippen molar-refractivity contribution in [2.45, 2.75) is 102 Å². The lowest BCUT2D eigenvalue weighted by molar-refractivity contribution is -0.376. The van der Waals surface area contributed by atoms with Gasteiger partial charge in [-0.1, -0.05) is 25.5 Å². The number of carbonyl (C=O) groups is 2. The lowest BCUT2D eigenvalue weighted by atomic mass is 9.84. The summed E-state index contributed by atoms with van der Waals surface area (Å²) in [6, 6.07) is 7.13. The van der Waals surface area contributed by atoms with Gasteiger partial charge in [-0.3, -0.25) is 9.69 Å². The number of hydrogen-bond donors (Lipinski definition) is 2. The van der Waals surface area contributed by atoms with E-state index in [0.29, 0.717) is 37.0 Å². The highest BCUT2D eigenvalue weighted by Crippen LogP contribution is 2.53. The van der Waals surface area contributed by atoms with E-state index in [0.717, 1.165) is 11.0 Å². The molecule has 0 bridgehead atoms. The number of carbonyl (C=O) groups excluding carboxylic acids is 2. The molecule has 1 atom stereocenters. The van der Waals surface area contributed by atoms with Gasteiger partial charge < -0.3 is 19.9 Å². The number of rotatable bonds is 12. The maximum Gasteiger partial charge on any atom is 0.430 e. The number of hydrogen-bond acceptors (Lipinski definition) is 5. The number of aliphatic hydroxyl groups is 1. The second-order valence-electron chi connectivity index (χ2n) is 11.9. The van der Waals surface area contributed by atoms with E-state index in [1.54, 1.807) is 38.1 Å². The predicted molar refractivity (Wildman–Crippen MR) is 153 cm³/mol. The van der Waals surface area contributed by atoms with Gasteiger partial charge in [-0.05, 0) is 99.7 Å². The fourth-order valence-corrected chi connectivity index (χ4v) is 6.02. The van der Waals surface area contributed by atoms with Gasteiger partial charge in [-0.25, -0.2) is 4.79 Å². The molecule has 1 aliphatic heterocycles. The number of unbranched alkanes of at least 4 members (excludes halogenated alkanes) is 1. The zero-order valence-corrected chi connectivity index (χ0v) is 25.6. The Balaban J connectivity index is 1.45. The third kappa shape index (κ3) is 6.45. The van der Waals surface area contributed by atoms with Crippen LogP contribution in [0, 0.1) is 0 Å². The number of halogens is 6. The molecule has 45 heavy (non-hydrogen) atoms. The van der Waals surface area contributed by atoms with Crippen LogP contribution in [0.25, 0.3) is 0 Å². The van der Waals surface area contributed by atoms with Crippen molar-refractivity contribution < 1.29 is 50.5 Å². The van der Waals surface area contributed by atoms with E-state index >= 15 is 0 Å². The highest BCUT2D eigenvalue weighted by atomic mass is 19.4. The molecule has 2 aromatic carbocycles. The SMILES string of the molecule is CCCc1cc(C(O)(C(F)(F)F)C(F)(F)F)c2c(c1OCCCCN1C(=O)NC(C)(c3ccc(OC(C)C)cc3)C1=O)CCC2.